The number of carbonyl (C=O) groups excluding carboxylic acids is 2. The van der Waals surface area contributed by atoms with Crippen molar-refractivity contribution in [1.82, 2.24) is 24.3 Å². The maximum absolute atomic E-state index is 14.5. The summed E-state index contributed by atoms with van der Waals surface area (Å²) < 4.78 is 17.3. The predicted octanol–water partition coefficient (Wildman–Crippen LogP) is 5.19. The molecule has 0 radical (unpaired) electrons. The van der Waals surface area contributed by atoms with Crippen LogP contribution in [-0.4, -0.2) is 36.0 Å². The summed E-state index contributed by atoms with van der Waals surface area (Å²) in [4.78, 5) is 47.8. The van der Waals surface area contributed by atoms with Gasteiger partial charge in [0.05, 0.1) is 34.2 Å². The Morgan fingerprint density at radius 2 is 1.79 bits per heavy atom. The fraction of sp³-hybridized carbons (Fsp3) is 0.0769. The molecule has 5 aromatic rings. The number of nitrogens with one attached hydrogen (secondary N) is 1. The van der Waals surface area contributed by atoms with Gasteiger partial charge in [0.2, 0.25) is 0 Å². The van der Waals surface area contributed by atoms with Gasteiger partial charge < -0.3 is 5.32 Å². The largest absolute Gasteiger partial charge is 0.365 e. The summed E-state index contributed by atoms with van der Waals surface area (Å²) >= 11 is 13.5. The van der Waals surface area contributed by atoms with Crippen LogP contribution in [0.1, 0.15) is 25.6 Å². The summed E-state index contributed by atoms with van der Waals surface area (Å²) in [5.74, 6) is -1.64. The van der Waals surface area contributed by atoms with E-state index >= 15 is 0 Å². The third kappa shape index (κ3) is 5.65. The number of hydrogen-bond acceptors (Lipinski definition) is 8. The molecule has 0 aliphatic carbocycles. The first-order valence-corrected chi connectivity index (χ1v) is 12.9. The Morgan fingerprint density at radius 1 is 1.03 bits per heavy atom. The number of ketones is 1. The molecule has 0 atom stereocenters. The van der Waals surface area contributed by atoms with Gasteiger partial charge in [-0.15, -0.1) is 11.3 Å². The number of pyridine rings is 1. The Balaban J connectivity index is 1.58. The lowest BCUT2D eigenvalue weighted by Crippen LogP contribution is -2.26. The van der Waals surface area contributed by atoms with Crippen molar-refractivity contribution in [2.24, 2.45) is 0 Å². The van der Waals surface area contributed by atoms with Gasteiger partial charge in [-0.3, -0.25) is 19.0 Å². The zero-order valence-corrected chi connectivity index (χ0v) is 22.2. The first kappa shape index (κ1) is 26.4. The monoisotopic (exact) mass is 582 g/mol. The van der Waals surface area contributed by atoms with E-state index in [9.17, 15) is 18.8 Å². The molecule has 0 amide bonds. The van der Waals surface area contributed by atoms with Gasteiger partial charge in [-0.2, -0.15) is 9.78 Å². The van der Waals surface area contributed by atoms with E-state index in [0.29, 0.717) is 10.9 Å². The minimum atomic E-state index is -0.730. The van der Waals surface area contributed by atoms with Gasteiger partial charge >= 0.3 is 0 Å². The van der Waals surface area contributed by atoms with Crippen LogP contribution in [-0.2, 0) is 13.1 Å². The van der Waals surface area contributed by atoms with E-state index in [1.54, 1.807) is 6.07 Å². The first-order chi connectivity index (χ1) is 18.8. The van der Waals surface area contributed by atoms with Crippen LogP contribution < -0.4 is 10.9 Å². The van der Waals surface area contributed by atoms with E-state index in [2.05, 4.69) is 20.4 Å². The number of carbonyl (C=O) groups is 2. The van der Waals surface area contributed by atoms with Gasteiger partial charge in [0.1, 0.15) is 28.7 Å². The van der Waals surface area contributed by atoms with Crippen molar-refractivity contribution in [2.45, 2.75) is 13.1 Å². The molecule has 1 aromatic carbocycles. The van der Waals surface area contributed by atoms with Crippen molar-refractivity contribution in [2.75, 3.05) is 5.32 Å². The molecule has 0 aliphatic rings. The minimum absolute atomic E-state index is 0.106. The molecule has 5 rings (SSSR count). The first-order valence-electron chi connectivity index (χ1n) is 11.4. The molecule has 0 saturated carbocycles. The Hall–Kier alpha value is -4.19. The van der Waals surface area contributed by atoms with E-state index < -0.39 is 23.1 Å². The van der Waals surface area contributed by atoms with Crippen LogP contribution in [0.2, 0.25) is 9.36 Å². The second-order valence-corrected chi connectivity index (χ2v) is 10.4. The second-order valence-electron chi connectivity index (χ2n) is 8.18. The topological polar surface area (TPSA) is 112 Å². The summed E-state index contributed by atoms with van der Waals surface area (Å²) in [6, 6.07) is 13.5. The lowest BCUT2D eigenvalue weighted by molar-refractivity contribution is 0.0941. The van der Waals surface area contributed by atoms with E-state index in [0.717, 1.165) is 14.1 Å². The zero-order chi connectivity index (χ0) is 27.5. The number of aromatic nitrogens is 5. The van der Waals surface area contributed by atoms with Crippen LogP contribution in [0.4, 0.5) is 10.2 Å². The van der Waals surface area contributed by atoms with Crippen molar-refractivity contribution in [3.63, 3.8) is 0 Å². The number of benzene rings is 1. The third-order valence-electron chi connectivity index (χ3n) is 5.65. The lowest BCUT2D eigenvalue weighted by atomic mass is 10.2. The summed E-state index contributed by atoms with van der Waals surface area (Å²) in [6.45, 7) is -0.0837. The summed E-state index contributed by atoms with van der Waals surface area (Å²) in [6.07, 6.45) is 3.96. The number of rotatable bonds is 8. The Labute approximate surface area is 234 Å². The number of hydrogen-bond donors (Lipinski definition) is 1. The van der Waals surface area contributed by atoms with Crippen LogP contribution in [0, 0.1) is 5.82 Å². The number of halogens is 3. The average Bonchev–Trinajstić information content (AvgIpc) is 3.56. The number of nitrogens with zero attached hydrogens (tertiary/aromatic N) is 5. The molecule has 0 aliphatic heterocycles. The van der Waals surface area contributed by atoms with Crippen LogP contribution in [0.15, 0.2) is 78.1 Å². The quantitative estimate of drug-likeness (QED) is 0.250. The van der Waals surface area contributed by atoms with Gasteiger partial charge in [-0.25, -0.2) is 14.4 Å². The third-order valence-corrected chi connectivity index (χ3v) is 7.17. The maximum Gasteiger partial charge on any atom is 0.283 e. The maximum atomic E-state index is 14.5. The molecule has 0 bridgehead atoms. The average molecular weight is 583 g/mol. The van der Waals surface area contributed by atoms with Crippen molar-refractivity contribution < 1.29 is 14.0 Å². The standard InChI is InChI=1S/C26H17Cl2FN6O3S/c27-18-6-7-21(34(26(18)38)13-22(36)15-10-30-14-31-11-15)20-9-24(32-12-16-5-8-23(28)39-16)35(33-20)25(37)17-3-1-2-4-19(17)29/h1-11,14,32H,12-13H2. The smallest absolute Gasteiger partial charge is 0.283 e. The highest BCUT2D eigenvalue weighted by Crippen LogP contribution is 2.26. The van der Waals surface area contributed by atoms with E-state index in [1.807, 2.05) is 6.07 Å². The SMILES string of the molecule is O=C(Cn1c(-c2cc(NCc3ccc(Cl)s3)n(C(=O)c3ccccc3F)n2)ccc(Cl)c1=O)c1cncnc1. The molecule has 13 heteroatoms. The molecule has 0 fully saturated rings. The Bertz CT molecular complexity index is 1750. The molecule has 196 valence electrons. The van der Waals surface area contributed by atoms with Crippen LogP contribution in [0.25, 0.3) is 11.4 Å². The van der Waals surface area contributed by atoms with E-state index in [-0.39, 0.29) is 39.9 Å². The van der Waals surface area contributed by atoms with Crippen molar-refractivity contribution in [1.29, 1.82) is 0 Å². The zero-order valence-electron chi connectivity index (χ0n) is 19.8. The highest BCUT2D eigenvalue weighted by Gasteiger charge is 2.22. The van der Waals surface area contributed by atoms with Crippen LogP contribution >= 0.6 is 34.5 Å². The molecular formula is C26H17Cl2FN6O3S. The molecule has 1 N–H and O–H groups in total. The van der Waals surface area contributed by atoms with E-state index in [1.165, 1.54) is 72.5 Å². The number of anilines is 1. The fourth-order valence-electron chi connectivity index (χ4n) is 3.77. The van der Waals surface area contributed by atoms with Gasteiger partial charge in [0.25, 0.3) is 11.5 Å². The lowest BCUT2D eigenvalue weighted by Gasteiger charge is -2.11. The number of thiophene rings is 1. The van der Waals surface area contributed by atoms with Gasteiger partial charge in [0, 0.05) is 23.3 Å². The van der Waals surface area contributed by atoms with Crippen LogP contribution in [0.3, 0.4) is 0 Å². The summed E-state index contributed by atoms with van der Waals surface area (Å²) in [5, 5.41) is 7.42. The Kier molecular flexibility index (Phi) is 7.64. The summed E-state index contributed by atoms with van der Waals surface area (Å²) in [5.41, 5.74) is -0.221. The molecule has 4 heterocycles. The van der Waals surface area contributed by atoms with Gasteiger partial charge in [-0.1, -0.05) is 35.3 Å². The van der Waals surface area contributed by atoms with Crippen molar-refractivity contribution >= 4 is 52.0 Å². The molecule has 0 unspecified atom stereocenters. The molecular weight excluding hydrogens is 566 g/mol. The molecule has 4 aromatic heterocycles. The van der Waals surface area contributed by atoms with Crippen LogP contribution in [0.5, 0.6) is 0 Å². The molecule has 39 heavy (non-hydrogen) atoms. The summed E-state index contributed by atoms with van der Waals surface area (Å²) in [7, 11) is 0. The van der Waals surface area contributed by atoms with E-state index in [4.69, 9.17) is 23.2 Å². The highest BCUT2D eigenvalue weighted by molar-refractivity contribution is 7.16. The normalized spacial score (nSPS) is 10.9. The van der Waals surface area contributed by atoms with Crippen molar-refractivity contribution in [3.8, 4) is 11.4 Å². The van der Waals surface area contributed by atoms with Gasteiger partial charge in [0.15, 0.2) is 5.78 Å². The fourth-order valence-corrected chi connectivity index (χ4v) is 4.96. The molecule has 0 spiro atoms. The highest BCUT2D eigenvalue weighted by atomic mass is 35.5. The number of Topliss-reactive ketones (excluding diaryl/α,β-unsaturated/α-hetero) is 1. The predicted molar refractivity (Wildman–Crippen MR) is 146 cm³/mol. The second kappa shape index (κ2) is 11.3. The molecule has 0 saturated heterocycles. The molecule has 9 nitrogen and oxygen atoms in total. The van der Waals surface area contributed by atoms with Crippen molar-refractivity contribution in [3.05, 3.63) is 115 Å². The van der Waals surface area contributed by atoms with Gasteiger partial charge in [-0.05, 0) is 36.4 Å². The Morgan fingerprint density at radius 3 is 2.51 bits per heavy atom. The minimum Gasteiger partial charge on any atom is -0.365 e.